The molecule has 1 aromatic heterocycles. The maximum atomic E-state index is 6.23. The molecule has 0 fully saturated rings. The minimum atomic E-state index is 0.0573. The van der Waals surface area contributed by atoms with Crippen LogP contribution in [0, 0.1) is 0 Å². The van der Waals surface area contributed by atoms with Gasteiger partial charge in [0.05, 0.1) is 0 Å². The minimum absolute atomic E-state index is 0.0573. The summed E-state index contributed by atoms with van der Waals surface area (Å²) in [5, 5.41) is 12.8. The average molecular weight is 284 g/mol. The molecule has 0 radical (unpaired) electrons. The van der Waals surface area contributed by atoms with Crippen LogP contribution < -0.4 is 5.73 Å². The number of nitrogens with zero attached hydrogens (tertiary/aromatic N) is 4. The molecule has 0 aliphatic carbocycles. The Balaban J connectivity index is 2.32. The molecular weight excluding hydrogens is 270 g/mol. The largest absolute Gasteiger partial charge is 0.328 e. The highest BCUT2D eigenvalue weighted by molar-refractivity contribution is 7.99. The molecular formula is C11H14ClN5S. The lowest BCUT2D eigenvalue weighted by Crippen LogP contribution is -2.18. The molecule has 1 heterocycles. The predicted molar refractivity (Wildman–Crippen MR) is 71.7 cm³/mol. The molecule has 1 unspecified atom stereocenters. The highest BCUT2D eigenvalue weighted by Gasteiger charge is 2.13. The van der Waals surface area contributed by atoms with Gasteiger partial charge in [-0.1, -0.05) is 17.7 Å². The van der Waals surface area contributed by atoms with Crippen molar-refractivity contribution in [3.63, 3.8) is 0 Å². The number of halogens is 1. The Hall–Kier alpha value is -1.11. The predicted octanol–water partition coefficient (Wildman–Crippen LogP) is 1.90. The van der Waals surface area contributed by atoms with Crippen molar-refractivity contribution in [2.24, 2.45) is 12.8 Å². The molecule has 1 aromatic carbocycles. The van der Waals surface area contributed by atoms with E-state index in [0.29, 0.717) is 0 Å². The van der Waals surface area contributed by atoms with Crippen molar-refractivity contribution in [3.8, 4) is 0 Å². The van der Waals surface area contributed by atoms with Gasteiger partial charge in [-0.2, -0.15) is 0 Å². The number of rotatable bonds is 4. The van der Waals surface area contributed by atoms with Gasteiger partial charge in [-0.05, 0) is 53.2 Å². The first kappa shape index (κ1) is 13.3. The lowest BCUT2D eigenvalue weighted by molar-refractivity contribution is 0.664. The molecule has 0 saturated carbocycles. The Bertz CT molecular complexity index is 540. The molecule has 5 nitrogen and oxygen atoms in total. The monoisotopic (exact) mass is 283 g/mol. The second-order valence-corrected chi connectivity index (χ2v) is 5.50. The first-order chi connectivity index (χ1) is 8.58. The maximum Gasteiger partial charge on any atom is 0.213 e. The van der Waals surface area contributed by atoms with Gasteiger partial charge >= 0.3 is 0 Å². The van der Waals surface area contributed by atoms with Gasteiger partial charge in [0.25, 0.3) is 0 Å². The SMILES string of the molecule is CC(N)Cc1c(Cl)cccc1Sc1nnnn1C. The molecule has 7 heteroatoms. The van der Waals surface area contributed by atoms with Gasteiger partial charge in [-0.15, -0.1) is 5.10 Å². The maximum absolute atomic E-state index is 6.23. The van der Waals surface area contributed by atoms with E-state index in [2.05, 4.69) is 15.5 Å². The van der Waals surface area contributed by atoms with Crippen LogP contribution in [0.15, 0.2) is 28.3 Å². The second-order valence-electron chi connectivity index (χ2n) is 4.09. The van der Waals surface area contributed by atoms with Crippen molar-refractivity contribution in [3.05, 3.63) is 28.8 Å². The van der Waals surface area contributed by atoms with Crippen molar-refractivity contribution >= 4 is 23.4 Å². The van der Waals surface area contributed by atoms with Crippen LogP contribution in [0.5, 0.6) is 0 Å². The Morgan fingerprint density at radius 2 is 2.28 bits per heavy atom. The fourth-order valence-electron chi connectivity index (χ4n) is 1.56. The highest BCUT2D eigenvalue weighted by atomic mass is 35.5. The van der Waals surface area contributed by atoms with Crippen LogP contribution >= 0.6 is 23.4 Å². The van der Waals surface area contributed by atoms with Gasteiger partial charge in [0.2, 0.25) is 5.16 Å². The summed E-state index contributed by atoms with van der Waals surface area (Å²) < 4.78 is 1.63. The van der Waals surface area contributed by atoms with Crippen molar-refractivity contribution in [1.29, 1.82) is 0 Å². The Morgan fingerprint density at radius 3 is 2.89 bits per heavy atom. The van der Waals surface area contributed by atoms with Gasteiger partial charge in [-0.25, -0.2) is 4.68 Å². The van der Waals surface area contributed by atoms with E-state index in [-0.39, 0.29) is 6.04 Å². The zero-order chi connectivity index (χ0) is 13.1. The molecule has 2 N–H and O–H groups in total. The molecule has 96 valence electrons. The molecule has 0 aliphatic rings. The van der Waals surface area contributed by atoms with Gasteiger partial charge in [0, 0.05) is 23.0 Å². The van der Waals surface area contributed by atoms with E-state index in [1.807, 2.05) is 25.1 Å². The van der Waals surface area contributed by atoms with Crippen LogP contribution in [0.4, 0.5) is 0 Å². The van der Waals surface area contributed by atoms with Crippen LogP contribution in [0.2, 0.25) is 5.02 Å². The van der Waals surface area contributed by atoms with Gasteiger partial charge in [0.1, 0.15) is 0 Å². The number of nitrogens with two attached hydrogens (primary N) is 1. The summed E-state index contributed by atoms with van der Waals surface area (Å²) in [6.45, 7) is 1.96. The fraction of sp³-hybridized carbons (Fsp3) is 0.364. The molecule has 0 bridgehead atoms. The molecule has 1 atom stereocenters. The van der Waals surface area contributed by atoms with E-state index >= 15 is 0 Å². The molecule has 0 saturated heterocycles. The summed E-state index contributed by atoms with van der Waals surface area (Å²) in [7, 11) is 1.80. The lowest BCUT2D eigenvalue weighted by Gasteiger charge is -2.12. The molecule has 0 aliphatic heterocycles. The Kier molecular flexibility index (Phi) is 4.21. The van der Waals surface area contributed by atoms with Gasteiger partial charge in [-0.3, -0.25) is 0 Å². The first-order valence-electron chi connectivity index (χ1n) is 5.51. The number of aromatic nitrogens is 4. The zero-order valence-electron chi connectivity index (χ0n) is 10.2. The summed E-state index contributed by atoms with van der Waals surface area (Å²) >= 11 is 7.72. The zero-order valence-corrected chi connectivity index (χ0v) is 11.7. The first-order valence-corrected chi connectivity index (χ1v) is 6.70. The summed E-state index contributed by atoms with van der Waals surface area (Å²) in [6, 6.07) is 5.85. The van der Waals surface area contributed by atoms with Crippen molar-refractivity contribution in [2.75, 3.05) is 0 Å². The Labute approximate surface area is 115 Å². The number of aryl methyl sites for hydroxylation is 1. The van der Waals surface area contributed by atoms with Crippen molar-refractivity contribution in [1.82, 2.24) is 20.2 Å². The van der Waals surface area contributed by atoms with Gasteiger partial charge < -0.3 is 5.73 Å². The fourth-order valence-corrected chi connectivity index (χ4v) is 2.77. The van der Waals surface area contributed by atoms with Crippen LogP contribution in [-0.2, 0) is 13.5 Å². The van der Waals surface area contributed by atoms with E-state index in [9.17, 15) is 0 Å². The number of hydrogen-bond acceptors (Lipinski definition) is 5. The summed E-state index contributed by atoms with van der Waals surface area (Å²) in [4.78, 5) is 1.04. The molecule has 0 spiro atoms. The van der Waals surface area contributed by atoms with Crippen LogP contribution in [0.25, 0.3) is 0 Å². The van der Waals surface area contributed by atoms with Crippen molar-refractivity contribution < 1.29 is 0 Å². The molecule has 2 aromatic rings. The average Bonchev–Trinajstić information content (AvgIpc) is 2.69. The Morgan fingerprint density at radius 1 is 1.50 bits per heavy atom. The van der Waals surface area contributed by atoms with Crippen LogP contribution in [0.1, 0.15) is 12.5 Å². The van der Waals surface area contributed by atoms with E-state index in [0.717, 1.165) is 27.1 Å². The third kappa shape index (κ3) is 3.01. The van der Waals surface area contributed by atoms with E-state index in [1.54, 1.807) is 11.7 Å². The standard InChI is InChI=1S/C11H14ClN5S/c1-7(13)6-8-9(12)4-3-5-10(8)18-11-14-15-16-17(11)2/h3-5,7H,6,13H2,1-2H3. The summed E-state index contributed by atoms with van der Waals surface area (Å²) in [6.07, 6.45) is 0.729. The second kappa shape index (κ2) is 5.69. The van der Waals surface area contributed by atoms with Crippen molar-refractivity contribution in [2.45, 2.75) is 29.4 Å². The third-order valence-corrected chi connectivity index (χ3v) is 3.87. The minimum Gasteiger partial charge on any atom is -0.328 e. The van der Waals surface area contributed by atoms with E-state index < -0.39 is 0 Å². The van der Waals surface area contributed by atoms with Crippen LogP contribution in [-0.4, -0.2) is 26.2 Å². The summed E-state index contributed by atoms with van der Waals surface area (Å²) in [5.74, 6) is 0. The normalized spacial score (nSPS) is 12.7. The molecule has 2 rings (SSSR count). The lowest BCUT2D eigenvalue weighted by atomic mass is 10.1. The van der Waals surface area contributed by atoms with Gasteiger partial charge in [0.15, 0.2) is 0 Å². The highest BCUT2D eigenvalue weighted by Crippen LogP contribution is 2.32. The topological polar surface area (TPSA) is 69.6 Å². The number of benzene rings is 1. The molecule has 0 amide bonds. The smallest absolute Gasteiger partial charge is 0.213 e. The van der Waals surface area contributed by atoms with E-state index in [4.69, 9.17) is 17.3 Å². The number of tetrazole rings is 1. The summed E-state index contributed by atoms with van der Waals surface area (Å²) in [5.41, 5.74) is 6.90. The number of hydrogen-bond donors (Lipinski definition) is 1. The third-order valence-electron chi connectivity index (χ3n) is 2.38. The van der Waals surface area contributed by atoms with Crippen LogP contribution in [0.3, 0.4) is 0 Å². The molecule has 18 heavy (non-hydrogen) atoms. The quantitative estimate of drug-likeness (QED) is 0.928. The van der Waals surface area contributed by atoms with E-state index in [1.165, 1.54) is 11.8 Å².